The molecule has 2 aromatic rings. The molecule has 6 heteroatoms. The van der Waals surface area contributed by atoms with Crippen LogP contribution in [0.5, 0.6) is 0 Å². The molecule has 2 heterocycles. The lowest BCUT2D eigenvalue weighted by Gasteiger charge is -2.03. The van der Waals surface area contributed by atoms with Crippen LogP contribution < -0.4 is 11.1 Å². The van der Waals surface area contributed by atoms with E-state index < -0.39 is 11.9 Å². The van der Waals surface area contributed by atoms with E-state index in [0.717, 1.165) is 6.07 Å². The Labute approximate surface area is 96.5 Å². The van der Waals surface area contributed by atoms with E-state index in [1.807, 2.05) is 0 Å². The number of amides is 1. The quantitative estimate of drug-likeness (QED) is 0.768. The molecule has 0 spiro atoms. The Morgan fingerprint density at radius 3 is 2.59 bits per heavy atom. The van der Waals surface area contributed by atoms with Gasteiger partial charge in [-0.15, -0.1) is 0 Å². The van der Waals surface area contributed by atoms with Gasteiger partial charge in [-0.2, -0.15) is 4.39 Å². The van der Waals surface area contributed by atoms with Crippen LogP contribution in [0.2, 0.25) is 0 Å². The summed E-state index contributed by atoms with van der Waals surface area (Å²) >= 11 is 0. The minimum absolute atomic E-state index is 0.225. The van der Waals surface area contributed by atoms with Crippen molar-refractivity contribution in [3.63, 3.8) is 0 Å². The number of rotatable bonds is 2. The predicted molar refractivity (Wildman–Crippen MR) is 60.8 cm³/mol. The molecule has 0 saturated carbocycles. The van der Waals surface area contributed by atoms with Gasteiger partial charge in [0, 0.05) is 0 Å². The maximum absolute atomic E-state index is 12.5. The molecule has 2 aromatic heterocycles. The Hall–Kier alpha value is -2.50. The summed E-state index contributed by atoms with van der Waals surface area (Å²) in [5, 5.41) is 2.53. The average molecular weight is 232 g/mol. The van der Waals surface area contributed by atoms with Crippen molar-refractivity contribution in [1.82, 2.24) is 9.97 Å². The number of halogens is 1. The number of hydrogen-bond acceptors (Lipinski definition) is 4. The summed E-state index contributed by atoms with van der Waals surface area (Å²) in [6.45, 7) is 0. The monoisotopic (exact) mass is 232 g/mol. The molecule has 0 radical (unpaired) electrons. The molecule has 0 atom stereocenters. The molecule has 0 bridgehead atoms. The number of carbonyl (C=O) groups excluding carboxylic acids is 1. The summed E-state index contributed by atoms with van der Waals surface area (Å²) in [5.41, 5.74) is 6.55. The molecule has 86 valence electrons. The highest BCUT2D eigenvalue weighted by molar-refractivity contribution is 6.02. The van der Waals surface area contributed by atoms with Crippen LogP contribution in [0, 0.1) is 5.95 Å². The molecule has 0 aliphatic heterocycles. The summed E-state index contributed by atoms with van der Waals surface area (Å²) in [7, 11) is 0. The van der Waals surface area contributed by atoms with Crippen molar-refractivity contribution >= 4 is 17.3 Å². The van der Waals surface area contributed by atoms with Gasteiger partial charge in [-0.25, -0.2) is 9.97 Å². The van der Waals surface area contributed by atoms with Crippen molar-refractivity contribution < 1.29 is 9.18 Å². The minimum Gasteiger partial charge on any atom is -0.397 e. The van der Waals surface area contributed by atoms with Crippen molar-refractivity contribution in [2.24, 2.45) is 0 Å². The molecular weight excluding hydrogens is 223 g/mol. The average Bonchev–Trinajstić information content (AvgIpc) is 2.33. The van der Waals surface area contributed by atoms with Crippen LogP contribution in [0.3, 0.4) is 0 Å². The zero-order valence-electron chi connectivity index (χ0n) is 8.72. The number of nitrogens with zero attached hydrogens (tertiary/aromatic N) is 2. The summed E-state index contributed by atoms with van der Waals surface area (Å²) in [6.07, 6.45) is 2.61. The van der Waals surface area contributed by atoms with Crippen LogP contribution in [0.4, 0.5) is 15.8 Å². The number of nitrogens with one attached hydrogen (secondary N) is 1. The van der Waals surface area contributed by atoms with Gasteiger partial charge in [-0.05, 0) is 24.3 Å². The zero-order chi connectivity index (χ0) is 12.3. The van der Waals surface area contributed by atoms with Crippen LogP contribution in [0.1, 0.15) is 10.5 Å². The van der Waals surface area contributed by atoms with Gasteiger partial charge in [0.15, 0.2) is 0 Å². The van der Waals surface area contributed by atoms with E-state index in [0.29, 0.717) is 11.4 Å². The van der Waals surface area contributed by atoms with Gasteiger partial charge >= 0.3 is 0 Å². The van der Waals surface area contributed by atoms with Crippen molar-refractivity contribution in [3.8, 4) is 0 Å². The molecule has 0 unspecified atom stereocenters. The van der Waals surface area contributed by atoms with Gasteiger partial charge in [-0.3, -0.25) is 4.79 Å². The molecule has 0 fully saturated rings. The molecule has 5 nitrogen and oxygen atoms in total. The highest BCUT2D eigenvalue weighted by atomic mass is 19.1. The molecule has 0 aromatic carbocycles. The number of carbonyl (C=O) groups is 1. The van der Waals surface area contributed by atoms with Gasteiger partial charge in [0.25, 0.3) is 5.91 Å². The topological polar surface area (TPSA) is 80.9 Å². The summed E-state index contributed by atoms with van der Waals surface area (Å²) in [4.78, 5) is 19.0. The first-order chi connectivity index (χ1) is 8.15. The number of nitrogens with two attached hydrogens (primary N) is 1. The number of pyridine rings is 2. The lowest BCUT2D eigenvalue weighted by Crippen LogP contribution is -2.13. The van der Waals surface area contributed by atoms with Crippen molar-refractivity contribution in [2.75, 3.05) is 11.1 Å². The predicted octanol–water partition coefficient (Wildman–Crippen LogP) is 1.45. The molecule has 1 amide bonds. The highest BCUT2D eigenvalue weighted by Gasteiger charge is 2.07. The lowest BCUT2D eigenvalue weighted by atomic mass is 10.3. The second-order valence-corrected chi connectivity index (χ2v) is 3.30. The van der Waals surface area contributed by atoms with E-state index in [-0.39, 0.29) is 5.69 Å². The van der Waals surface area contributed by atoms with Gasteiger partial charge in [0.05, 0.1) is 23.8 Å². The third-order valence-electron chi connectivity index (χ3n) is 2.00. The molecule has 0 aliphatic rings. The van der Waals surface area contributed by atoms with E-state index >= 15 is 0 Å². The largest absolute Gasteiger partial charge is 0.397 e. The first-order valence-electron chi connectivity index (χ1n) is 4.79. The van der Waals surface area contributed by atoms with E-state index in [9.17, 15) is 9.18 Å². The third-order valence-corrected chi connectivity index (χ3v) is 2.00. The summed E-state index contributed by atoms with van der Waals surface area (Å²) in [5.74, 6) is -1.01. The molecule has 2 rings (SSSR count). The van der Waals surface area contributed by atoms with Crippen LogP contribution in [-0.4, -0.2) is 15.9 Å². The Balaban J connectivity index is 2.11. The van der Waals surface area contributed by atoms with E-state index in [1.54, 1.807) is 6.07 Å². The fraction of sp³-hybridized carbons (Fsp3) is 0. The highest BCUT2D eigenvalue weighted by Crippen LogP contribution is 2.08. The van der Waals surface area contributed by atoms with E-state index in [1.165, 1.54) is 24.5 Å². The second kappa shape index (κ2) is 4.56. The Kier molecular flexibility index (Phi) is 2.95. The van der Waals surface area contributed by atoms with E-state index in [2.05, 4.69) is 15.3 Å². The molecular formula is C11H9FN4O. The van der Waals surface area contributed by atoms with E-state index in [4.69, 9.17) is 5.73 Å². The molecule has 3 N–H and O–H groups in total. The fourth-order valence-electron chi connectivity index (χ4n) is 1.18. The maximum atomic E-state index is 12.5. The molecule has 17 heavy (non-hydrogen) atoms. The van der Waals surface area contributed by atoms with Crippen molar-refractivity contribution in [2.45, 2.75) is 0 Å². The lowest BCUT2D eigenvalue weighted by molar-refractivity contribution is 0.102. The Morgan fingerprint density at radius 2 is 2.00 bits per heavy atom. The smallest absolute Gasteiger partial charge is 0.274 e. The SMILES string of the molecule is Nc1ccc(C(=O)Nc2ccc(F)nc2)nc1. The first-order valence-corrected chi connectivity index (χ1v) is 4.79. The van der Waals surface area contributed by atoms with Crippen molar-refractivity contribution in [3.05, 3.63) is 48.3 Å². The number of nitrogen functional groups attached to an aromatic ring is 1. The van der Waals surface area contributed by atoms with Gasteiger partial charge < -0.3 is 11.1 Å². The molecule has 0 saturated heterocycles. The van der Waals surface area contributed by atoms with Gasteiger partial charge in [0.2, 0.25) is 5.95 Å². The van der Waals surface area contributed by atoms with Crippen LogP contribution in [0.25, 0.3) is 0 Å². The number of anilines is 2. The van der Waals surface area contributed by atoms with Gasteiger partial charge in [0.1, 0.15) is 5.69 Å². The van der Waals surface area contributed by atoms with Gasteiger partial charge in [-0.1, -0.05) is 0 Å². The zero-order valence-corrected chi connectivity index (χ0v) is 8.72. The summed E-state index contributed by atoms with van der Waals surface area (Å²) in [6, 6.07) is 5.65. The fourth-order valence-corrected chi connectivity index (χ4v) is 1.18. The normalized spacial score (nSPS) is 9.94. The van der Waals surface area contributed by atoms with Crippen molar-refractivity contribution in [1.29, 1.82) is 0 Å². The second-order valence-electron chi connectivity index (χ2n) is 3.30. The Morgan fingerprint density at radius 1 is 1.18 bits per heavy atom. The maximum Gasteiger partial charge on any atom is 0.274 e. The van der Waals surface area contributed by atoms with Crippen LogP contribution in [0.15, 0.2) is 36.7 Å². The summed E-state index contributed by atoms with van der Waals surface area (Å²) < 4.78 is 12.5. The molecule has 0 aliphatic carbocycles. The Bertz CT molecular complexity index is 524. The minimum atomic E-state index is -0.603. The number of hydrogen-bond donors (Lipinski definition) is 2. The first kappa shape index (κ1) is 11.0. The third kappa shape index (κ3) is 2.75. The number of aromatic nitrogens is 2. The standard InChI is InChI=1S/C11H9FN4O/c12-10-4-2-8(6-15-10)16-11(17)9-3-1-7(13)5-14-9/h1-6H,13H2,(H,16,17). The van der Waals surface area contributed by atoms with Crippen LogP contribution in [-0.2, 0) is 0 Å². The van der Waals surface area contributed by atoms with Crippen LogP contribution >= 0.6 is 0 Å².